The number of hydrogen-bond donors (Lipinski definition) is 1. The lowest BCUT2D eigenvalue weighted by Crippen LogP contribution is -2.54. The summed E-state index contributed by atoms with van der Waals surface area (Å²) in [6, 6.07) is 17.6. The number of carbonyl (C=O) groups is 2. The highest BCUT2D eigenvalue weighted by atomic mass is 19.1. The lowest BCUT2D eigenvalue weighted by Gasteiger charge is -2.42. The van der Waals surface area contributed by atoms with Gasteiger partial charge in [-0.2, -0.15) is 0 Å². The van der Waals surface area contributed by atoms with Gasteiger partial charge in [0.05, 0.1) is 5.41 Å². The van der Waals surface area contributed by atoms with Crippen molar-refractivity contribution in [3.63, 3.8) is 0 Å². The average molecular weight is 432 g/mol. The summed E-state index contributed by atoms with van der Waals surface area (Å²) in [5.41, 5.74) is 2.66. The summed E-state index contributed by atoms with van der Waals surface area (Å²) in [4.78, 5) is 32.1. The van der Waals surface area contributed by atoms with E-state index >= 15 is 0 Å². The number of halogens is 1. The van der Waals surface area contributed by atoms with E-state index in [-0.39, 0.29) is 18.4 Å². The van der Waals surface area contributed by atoms with Crippen molar-refractivity contribution in [2.75, 3.05) is 20.1 Å². The standard InChI is InChI=1S/C26H26FN3O2/c1-28-25(32)26(17-21-6-2-3-9-23(21)19-10-13-29-14-11-19)12-5-15-30(18-26)24(31)20-7-4-8-22(27)16-20/h2-4,6-11,13-14,16H,5,12,15,17-18H2,1H3,(H,28,32)/t26-/m0/s1. The Morgan fingerprint density at radius 1 is 1.09 bits per heavy atom. The van der Waals surface area contributed by atoms with Crippen LogP contribution >= 0.6 is 0 Å². The van der Waals surface area contributed by atoms with Crippen LogP contribution in [0.25, 0.3) is 11.1 Å². The van der Waals surface area contributed by atoms with E-state index in [4.69, 9.17) is 0 Å². The molecule has 2 amide bonds. The lowest BCUT2D eigenvalue weighted by atomic mass is 9.73. The zero-order chi connectivity index (χ0) is 22.6. The Labute approximate surface area is 187 Å². The van der Waals surface area contributed by atoms with Crippen LogP contribution in [0.15, 0.2) is 73.1 Å². The molecule has 4 rings (SSSR count). The van der Waals surface area contributed by atoms with Gasteiger partial charge >= 0.3 is 0 Å². The molecule has 2 heterocycles. The van der Waals surface area contributed by atoms with Crippen molar-refractivity contribution in [1.82, 2.24) is 15.2 Å². The summed E-state index contributed by atoms with van der Waals surface area (Å²) in [5, 5.41) is 2.82. The van der Waals surface area contributed by atoms with Gasteiger partial charge in [-0.05, 0) is 66.3 Å². The Bertz CT molecular complexity index is 1120. The number of pyridine rings is 1. The molecular formula is C26H26FN3O2. The number of amides is 2. The number of piperidine rings is 1. The van der Waals surface area contributed by atoms with Crippen LogP contribution in [-0.4, -0.2) is 41.8 Å². The highest BCUT2D eigenvalue weighted by molar-refractivity contribution is 5.95. The molecule has 1 saturated heterocycles. The normalized spacial score (nSPS) is 18.2. The minimum atomic E-state index is -0.765. The average Bonchev–Trinajstić information content (AvgIpc) is 2.84. The quantitative estimate of drug-likeness (QED) is 0.662. The van der Waals surface area contributed by atoms with E-state index in [0.29, 0.717) is 31.4 Å². The van der Waals surface area contributed by atoms with E-state index in [9.17, 15) is 14.0 Å². The lowest BCUT2D eigenvalue weighted by molar-refractivity contribution is -0.133. The fourth-order valence-corrected chi connectivity index (χ4v) is 4.64. The zero-order valence-corrected chi connectivity index (χ0v) is 18.1. The van der Waals surface area contributed by atoms with Crippen molar-refractivity contribution >= 4 is 11.8 Å². The van der Waals surface area contributed by atoms with Gasteiger partial charge in [0.2, 0.25) is 5.91 Å². The third-order valence-electron chi connectivity index (χ3n) is 6.18. The van der Waals surface area contributed by atoms with Crippen molar-refractivity contribution in [3.8, 4) is 11.1 Å². The van der Waals surface area contributed by atoms with Gasteiger partial charge in [0.15, 0.2) is 0 Å². The maximum Gasteiger partial charge on any atom is 0.253 e. The molecule has 1 fully saturated rings. The Kier molecular flexibility index (Phi) is 6.30. The third-order valence-corrected chi connectivity index (χ3v) is 6.18. The second-order valence-corrected chi connectivity index (χ2v) is 8.27. The van der Waals surface area contributed by atoms with E-state index in [1.165, 1.54) is 18.2 Å². The van der Waals surface area contributed by atoms with Crippen LogP contribution in [0.1, 0.15) is 28.8 Å². The molecule has 2 aromatic carbocycles. The summed E-state index contributed by atoms with van der Waals surface area (Å²) < 4.78 is 13.7. The Balaban J connectivity index is 1.67. The first-order valence-corrected chi connectivity index (χ1v) is 10.8. The number of rotatable bonds is 5. The second kappa shape index (κ2) is 9.30. The largest absolute Gasteiger partial charge is 0.359 e. The number of likely N-dealkylation sites (tertiary alicyclic amines) is 1. The summed E-state index contributed by atoms with van der Waals surface area (Å²) in [5.74, 6) is -0.782. The van der Waals surface area contributed by atoms with Crippen molar-refractivity contribution in [1.29, 1.82) is 0 Å². The Morgan fingerprint density at radius 3 is 2.62 bits per heavy atom. The van der Waals surface area contributed by atoms with E-state index in [0.717, 1.165) is 16.7 Å². The van der Waals surface area contributed by atoms with Gasteiger partial charge in [0.1, 0.15) is 5.82 Å². The molecule has 1 atom stereocenters. The van der Waals surface area contributed by atoms with Gasteiger partial charge < -0.3 is 10.2 Å². The minimum Gasteiger partial charge on any atom is -0.359 e. The molecule has 3 aromatic rings. The summed E-state index contributed by atoms with van der Waals surface area (Å²) in [6.45, 7) is 0.826. The molecule has 0 bridgehead atoms. The van der Waals surface area contributed by atoms with Crippen molar-refractivity contribution in [3.05, 3.63) is 90.0 Å². The first-order chi connectivity index (χ1) is 15.5. The van der Waals surface area contributed by atoms with E-state index in [1.54, 1.807) is 30.4 Å². The summed E-state index contributed by atoms with van der Waals surface area (Å²) >= 11 is 0. The second-order valence-electron chi connectivity index (χ2n) is 8.27. The fourth-order valence-electron chi connectivity index (χ4n) is 4.64. The van der Waals surface area contributed by atoms with E-state index in [1.807, 2.05) is 36.4 Å². The number of carbonyl (C=O) groups excluding carboxylic acids is 2. The maximum absolute atomic E-state index is 13.7. The summed E-state index contributed by atoms with van der Waals surface area (Å²) in [6.07, 6.45) is 5.37. The highest BCUT2D eigenvalue weighted by Gasteiger charge is 2.43. The van der Waals surface area contributed by atoms with Crippen LogP contribution in [0.2, 0.25) is 0 Å². The van der Waals surface area contributed by atoms with Crippen LogP contribution in [0.5, 0.6) is 0 Å². The topological polar surface area (TPSA) is 62.3 Å². The molecule has 0 unspecified atom stereocenters. The predicted octanol–water partition coefficient (Wildman–Crippen LogP) is 4.10. The van der Waals surface area contributed by atoms with Gasteiger partial charge in [0, 0.05) is 38.1 Å². The van der Waals surface area contributed by atoms with Crippen LogP contribution in [0, 0.1) is 11.2 Å². The minimum absolute atomic E-state index is 0.0845. The van der Waals surface area contributed by atoms with E-state index in [2.05, 4.69) is 10.3 Å². The SMILES string of the molecule is CNC(=O)[C@]1(Cc2ccccc2-c2ccncc2)CCCN(C(=O)c2cccc(F)c2)C1. The zero-order valence-electron chi connectivity index (χ0n) is 18.1. The first kappa shape index (κ1) is 21.7. The molecular weight excluding hydrogens is 405 g/mol. The fraction of sp³-hybridized carbons (Fsp3) is 0.269. The number of nitrogens with one attached hydrogen (secondary N) is 1. The van der Waals surface area contributed by atoms with Gasteiger partial charge in [-0.1, -0.05) is 30.3 Å². The van der Waals surface area contributed by atoms with Gasteiger partial charge in [-0.3, -0.25) is 14.6 Å². The molecule has 6 heteroatoms. The third kappa shape index (κ3) is 4.40. The number of nitrogens with zero attached hydrogens (tertiary/aromatic N) is 2. The molecule has 164 valence electrons. The molecule has 1 aliphatic heterocycles. The molecule has 0 saturated carbocycles. The molecule has 5 nitrogen and oxygen atoms in total. The van der Waals surface area contributed by atoms with Crippen LogP contribution in [0.4, 0.5) is 4.39 Å². The van der Waals surface area contributed by atoms with Crippen LogP contribution in [0.3, 0.4) is 0 Å². The highest BCUT2D eigenvalue weighted by Crippen LogP contribution is 2.37. The summed E-state index contributed by atoms with van der Waals surface area (Å²) in [7, 11) is 1.63. The van der Waals surface area contributed by atoms with Crippen molar-refractivity contribution < 1.29 is 14.0 Å². The number of hydrogen-bond acceptors (Lipinski definition) is 3. The Morgan fingerprint density at radius 2 is 1.88 bits per heavy atom. The Hall–Kier alpha value is -3.54. The molecule has 1 aromatic heterocycles. The van der Waals surface area contributed by atoms with E-state index < -0.39 is 11.2 Å². The number of benzene rings is 2. The smallest absolute Gasteiger partial charge is 0.253 e. The van der Waals surface area contributed by atoms with Crippen LogP contribution < -0.4 is 5.32 Å². The van der Waals surface area contributed by atoms with Crippen molar-refractivity contribution in [2.45, 2.75) is 19.3 Å². The molecule has 32 heavy (non-hydrogen) atoms. The van der Waals surface area contributed by atoms with Crippen LogP contribution in [-0.2, 0) is 11.2 Å². The molecule has 1 N–H and O–H groups in total. The molecule has 0 aliphatic carbocycles. The maximum atomic E-state index is 13.7. The first-order valence-electron chi connectivity index (χ1n) is 10.8. The van der Waals surface area contributed by atoms with Gasteiger partial charge in [-0.25, -0.2) is 4.39 Å². The van der Waals surface area contributed by atoms with Gasteiger partial charge in [0.25, 0.3) is 5.91 Å². The molecule has 1 aliphatic rings. The molecule has 0 spiro atoms. The van der Waals surface area contributed by atoms with Crippen molar-refractivity contribution in [2.24, 2.45) is 5.41 Å². The van der Waals surface area contributed by atoms with Gasteiger partial charge in [-0.15, -0.1) is 0 Å². The molecule has 0 radical (unpaired) electrons. The monoisotopic (exact) mass is 431 g/mol. The number of aromatic nitrogens is 1. The predicted molar refractivity (Wildman–Crippen MR) is 121 cm³/mol.